The van der Waals surface area contributed by atoms with Crippen LogP contribution in [0.4, 0.5) is 5.69 Å². The third kappa shape index (κ3) is 3.92. The van der Waals surface area contributed by atoms with E-state index in [1.165, 1.54) is 4.57 Å². The van der Waals surface area contributed by atoms with Gasteiger partial charge in [0, 0.05) is 18.1 Å². The fraction of sp³-hybridized carbons (Fsp3) is 0.207. The molecular formula is C29H28N4O3. The van der Waals surface area contributed by atoms with Gasteiger partial charge in [0.1, 0.15) is 12.1 Å². The van der Waals surface area contributed by atoms with Gasteiger partial charge in [-0.2, -0.15) is 0 Å². The number of aryl methyl sites for hydroxylation is 4. The van der Waals surface area contributed by atoms with Crippen LogP contribution in [0.25, 0.3) is 27.6 Å². The van der Waals surface area contributed by atoms with E-state index in [1.54, 1.807) is 16.7 Å². The van der Waals surface area contributed by atoms with Crippen molar-refractivity contribution in [2.75, 3.05) is 5.32 Å². The highest BCUT2D eigenvalue weighted by atomic mass is 16.2. The predicted molar refractivity (Wildman–Crippen MR) is 144 cm³/mol. The Morgan fingerprint density at radius 1 is 0.889 bits per heavy atom. The van der Waals surface area contributed by atoms with Crippen LogP contribution in [-0.2, 0) is 24.8 Å². The van der Waals surface area contributed by atoms with Crippen LogP contribution in [0.1, 0.15) is 23.6 Å². The van der Waals surface area contributed by atoms with Crippen molar-refractivity contribution < 1.29 is 4.79 Å². The maximum absolute atomic E-state index is 13.9. The number of hydrogen-bond donors (Lipinski definition) is 1. The molecule has 5 rings (SSSR count). The maximum Gasteiger partial charge on any atom is 0.336 e. The molecule has 0 aliphatic heterocycles. The SMILES string of the molecule is CCc1cccc(NC(=O)Cn2c(=O)n(-c3cccc(C)c3)c(=O)c3c2c2cc(C)ccc2n3C)c1. The zero-order valence-electron chi connectivity index (χ0n) is 20.8. The van der Waals surface area contributed by atoms with E-state index in [1.807, 2.05) is 82.4 Å². The Hall–Kier alpha value is -4.39. The molecular weight excluding hydrogens is 452 g/mol. The lowest BCUT2D eigenvalue weighted by Gasteiger charge is -2.14. The molecule has 1 N–H and O–H groups in total. The molecule has 0 bridgehead atoms. The summed E-state index contributed by atoms with van der Waals surface area (Å²) >= 11 is 0. The average Bonchev–Trinajstić information content (AvgIpc) is 3.13. The molecule has 0 radical (unpaired) electrons. The number of benzene rings is 3. The van der Waals surface area contributed by atoms with Gasteiger partial charge in [0.25, 0.3) is 5.56 Å². The van der Waals surface area contributed by atoms with Gasteiger partial charge in [0.05, 0.1) is 16.7 Å². The van der Waals surface area contributed by atoms with Gasteiger partial charge >= 0.3 is 5.69 Å². The van der Waals surface area contributed by atoms with E-state index in [0.717, 1.165) is 38.6 Å². The van der Waals surface area contributed by atoms with E-state index >= 15 is 0 Å². The molecule has 0 fully saturated rings. The van der Waals surface area contributed by atoms with E-state index in [2.05, 4.69) is 5.32 Å². The van der Waals surface area contributed by atoms with Gasteiger partial charge in [-0.1, -0.05) is 42.8 Å². The number of anilines is 1. The zero-order valence-corrected chi connectivity index (χ0v) is 20.8. The summed E-state index contributed by atoms with van der Waals surface area (Å²) in [5, 5.41) is 3.68. The molecule has 2 aromatic heterocycles. The standard InChI is InChI=1S/C29H28N4O3/c1-5-20-9-7-10-21(16-20)30-25(34)17-32-26-23-15-19(3)12-13-24(23)31(4)27(26)28(35)33(29(32)36)22-11-6-8-18(2)14-22/h6-16H,5,17H2,1-4H3,(H,30,34). The Kier molecular flexibility index (Phi) is 5.84. The van der Waals surface area contributed by atoms with Crippen molar-refractivity contribution in [3.8, 4) is 5.69 Å². The first-order valence-corrected chi connectivity index (χ1v) is 12.0. The predicted octanol–water partition coefficient (Wildman–Crippen LogP) is 4.46. The van der Waals surface area contributed by atoms with E-state index < -0.39 is 11.2 Å². The largest absolute Gasteiger partial charge is 0.338 e. The van der Waals surface area contributed by atoms with Crippen molar-refractivity contribution in [1.82, 2.24) is 13.7 Å². The molecule has 0 saturated heterocycles. The monoisotopic (exact) mass is 480 g/mol. The Morgan fingerprint density at radius 2 is 1.64 bits per heavy atom. The first kappa shape index (κ1) is 23.4. The first-order valence-electron chi connectivity index (χ1n) is 12.0. The lowest BCUT2D eigenvalue weighted by atomic mass is 10.1. The van der Waals surface area contributed by atoms with Crippen LogP contribution in [0.15, 0.2) is 76.3 Å². The van der Waals surface area contributed by atoms with Crippen LogP contribution in [0, 0.1) is 13.8 Å². The number of fused-ring (bicyclic) bond motifs is 3. The van der Waals surface area contributed by atoms with Crippen molar-refractivity contribution in [1.29, 1.82) is 0 Å². The second-order valence-electron chi connectivity index (χ2n) is 9.23. The second kappa shape index (κ2) is 9.00. The van der Waals surface area contributed by atoms with Crippen molar-refractivity contribution in [3.63, 3.8) is 0 Å². The van der Waals surface area contributed by atoms with Gasteiger partial charge in [0.2, 0.25) is 5.91 Å². The molecule has 0 aliphatic rings. The second-order valence-corrected chi connectivity index (χ2v) is 9.23. The Balaban J connectivity index is 1.76. The van der Waals surface area contributed by atoms with Crippen molar-refractivity contribution in [2.45, 2.75) is 33.7 Å². The summed E-state index contributed by atoms with van der Waals surface area (Å²) < 4.78 is 4.38. The fourth-order valence-corrected chi connectivity index (χ4v) is 4.82. The van der Waals surface area contributed by atoms with E-state index in [9.17, 15) is 14.4 Å². The van der Waals surface area contributed by atoms with Crippen LogP contribution in [0.3, 0.4) is 0 Å². The highest BCUT2D eigenvalue weighted by Gasteiger charge is 2.22. The third-order valence-electron chi connectivity index (χ3n) is 6.61. The van der Waals surface area contributed by atoms with Gasteiger partial charge in [-0.15, -0.1) is 0 Å². The maximum atomic E-state index is 13.9. The molecule has 1 amide bonds. The number of rotatable bonds is 5. The lowest BCUT2D eigenvalue weighted by molar-refractivity contribution is -0.116. The summed E-state index contributed by atoms with van der Waals surface area (Å²) in [5.74, 6) is -0.342. The fourth-order valence-electron chi connectivity index (χ4n) is 4.82. The third-order valence-corrected chi connectivity index (χ3v) is 6.61. The van der Waals surface area contributed by atoms with Crippen molar-refractivity contribution >= 4 is 33.5 Å². The molecule has 7 nitrogen and oxygen atoms in total. The van der Waals surface area contributed by atoms with Gasteiger partial charge in [-0.25, -0.2) is 9.36 Å². The first-order chi connectivity index (χ1) is 17.3. The zero-order chi connectivity index (χ0) is 25.6. The number of hydrogen-bond acceptors (Lipinski definition) is 3. The minimum atomic E-state index is -0.551. The van der Waals surface area contributed by atoms with Crippen LogP contribution < -0.4 is 16.6 Å². The number of amides is 1. The molecule has 0 spiro atoms. The summed E-state index contributed by atoms with van der Waals surface area (Å²) in [6.45, 7) is 5.68. The molecule has 2 heterocycles. The van der Waals surface area contributed by atoms with Gasteiger partial charge < -0.3 is 9.88 Å². The normalized spacial score (nSPS) is 11.3. The molecule has 0 aliphatic carbocycles. The summed E-state index contributed by atoms with van der Waals surface area (Å²) in [6.07, 6.45) is 0.848. The summed E-state index contributed by atoms with van der Waals surface area (Å²) in [4.78, 5) is 40.9. The smallest absolute Gasteiger partial charge is 0.336 e. The highest BCUT2D eigenvalue weighted by Crippen LogP contribution is 2.27. The number of nitrogens with zero attached hydrogens (tertiary/aromatic N) is 3. The molecule has 182 valence electrons. The Labute approximate surface area is 208 Å². The van der Waals surface area contributed by atoms with Crippen LogP contribution >= 0.6 is 0 Å². The average molecular weight is 481 g/mol. The topological polar surface area (TPSA) is 78.0 Å². The van der Waals surface area contributed by atoms with E-state index in [4.69, 9.17) is 0 Å². The quantitative estimate of drug-likeness (QED) is 0.403. The van der Waals surface area contributed by atoms with Crippen LogP contribution in [0.5, 0.6) is 0 Å². The van der Waals surface area contributed by atoms with E-state index in [-0.39, 0.29) is 12.5 Å². The van der Waals surface area contributed by atoms with Crippen molar-refractivity contribution in [3.05, 3.63) is 104 Å². The van der Waals surface area contributed by atoms with Gasteiger partial charge in [-0.05, 0) is 67.8 Å². The summed E-state index contributed by atoms with van der Waals surface area (Å²) in [6, 6.07) is 20.7. The Bertz CT molecular complexity index is 1770. The molecule has 7 heteroatoms. The number of carbonyl (C=O) groups is 1. The minimum absolute atomic E-state index is 0.231. The molecule has 0 saturated carbocycles. The highest BCUT2D eigenvalue weighted by molar-refractivity contribution is 6.06. The van der Waals surface area contributed by atoms with Gasteiger partial charge in [-0.3, -0.25) is 14.2 Å². The molecule has 36 heavy (non-hydrogen) atoms. The number of nitrogens with one attached hydrogen (secondary N) is 1. The number of aromatic nitrogens is 3. The van der Waals surface area contributed by atoms with Crippen LogP contribution in [-0.4, -0.2) is 19.6 Å². The van der Waals surface area contributed by atoms with Gasteiger partial charge in [0.15, 0.2) is 0 Å². The molecule has 0 atom stereocenters. The number of carbonyl (C=O) groups excluding carboxylic acids is 1. The molecule has 0 unspecified atom stereocenters. The Morgan fingerprint density at radius 3 is 2.39 bits per heavy atom. The van der Waals surface area contributed by atoms with Crippen LogP contribution in [0.2, 0.25) is 0 Å². The minimum Gasteiger partial charge on any atom is -0.338 e. The summed E-state index contributed by atoms with van der Waals surface area (Å²) in [5.41, 5.74) is 4.86. The molecule has 5 aromatic rings. The molecule has 3 aromatic carbocycles. The van der Waals surface area contributed by atoms with Crippen molar-refractivity contribution in [2.24, 2.45) is 7.05 Å². The van der Waals surface area contributed by atoms with E-state index in [0.29, 0.717) is 22.4 Å². The summed E-state index contributed by atoms with van der Waals surface area (Å²) in [7, 11) is 1.81. The lowest BCUT2D eigenvalue weighted by Crippen LogP contribution is -2.41.